The van der Waals surface area contributed by atoms with Gasteiger partial charge in [-0.1, -0.05) is 133 Å². The predicted molar refractivity (Wildman–Crippen MR) is 230 cm³/mol. The lowest BCUT2D eigenvalue weighted by molar-refractivity contribution is 0.668. The van der Waals surface area contributed by atoms with Crippen molar-refractivity contribution in [3.8, 4) is 39.9 Å². The first-order valence-electron chi connectivity index (χ1n) is 18.8. The standard InChI is InChI=1S/C51H30N4O/c1-2-13-33(14-3-1)49-52-50(37-22-21-31-11-4-5-15-34(31)27-37)54-51(53-49)41-19-10-20-45-48(41)40-25-24-38(30-46(40)56-45)55-43-26-23-32-12-8-9-18-39(32)47(43)42-28-35-16-6-7-17-36(35)29-44(42)55/h1-30H. The molecule has 5 nitrogen and oxygen atoms in total. The lowest BCUT2D eigenvalue weighted by Gasteiger charge is -2.10. The molecule has 0 bridgehead atoms. The van der Waals surface area contributed by atoms with Gasteiger partial charge in [-0.25, -0.2) is 15.0 Å². The molecule has 5 heteroatoms. The van der Waals surface area contributed by atoms with Crippen LogP contribution in [0.3, 0.4) is 0 Å². The van der Waals surface area contributed by atoms with Gasteiger partial charge in [-0.2, -0.15) is 0 Å². The summed E-state index contributed by atoms with van der Waals surface area (Å²) in [6.45, 7) is 0. The molecule has 0 unspecified atom stereocenters. The highest BCUT2D eigenvalue weighted by Gasteiger charge is 2.20. The van der Waals surface area contributed by atoms with Crippen molar-refractivity contribution in [2.45, 2.75) is 0 Å². The molecule has 0 aliphatic heterocycles. The average Bonchev–Trinajstić information content (AvgIpc) is 3.80. The van der Waals surface area contributed by atoms with Crippen LogP contribution in [-0.4, -0.2) is 19.5 Å². The molecule has 0 aliphatic rings. The summed E-state index contributed by atoms with van der Waals surface area (Å²) in [4.78, 5) is 15.3. The molecule has 0 saturated heterocycles. The summed E-state index contributed by atoms with van der Waals surface area (Å²) < 4.78 is 9.09. The van der Waals surface area contributed by atoms with Crippen LogP contribution in [0.25, 0.3) is 116 Å². The molecule has 0 fully saturated rings. The fraction of sp³-hybridized carbons (Fsp3) is 0. The molecular weight excluding hydrogens is 685 g/mol. The van der Waals surface area contributed by atoms with Gasteiger partial charge in [0.05, 0.1) is 11.0 Å². The summed E-state index contributed by atoms with van der Waals surface area (Å²) in [5.41, 5.74) is 7.69. The highest BCUT2D eigenvalue weighted by molar-refractivity contribution is 6.23. The zero-order valence-corrected chi connectivity index (χ0v) is 30.0. The van der Waals surface area contributed by atoms with Crippen LogP contribution < -0.4 is 0 Å². The molecule has 0 aliphatic carbocycles. The van der Waals surface area contributed by atoms with Gasteiger partial charge in [0.1, 0.15) is 11.2 Å². The van der Waals surface area contributed by atoms with Crippen LogP contribution in [0, 0.1) is 0 Å². The third-order valence-corrected chi connectivity index (χ3v) is 11.2. The molecule has 12 rings (SSSR count). The second kappa shape index (κ2) is 11.9. The van der Waals surface area contributed by atoms with E-state index in [0.29, 0.717) is 17.5 Å². The third-order valence-electron chi connectivity index (χ3n) is 11.2. The first kappa shape index (κ1) is 30.8. The summed E-state index contributed by atoms with van der Waals surface area (Å²) in [5.74, 6) is 1.84. The fourth-order valence-electron chi connectivity index (χ4n) is 8.56. The zero-order valence-electron chi connectivity index (χ0n) is 30.0. The van der Waals surface area contributed by atoms with E-state index in [4.69, 9.17) is 19.4 Å². The van der Waals surface area contributed by atoms with Crippen molar-refractivity contribution < 1.29 is 4.42 Å². The summed E-state index contributed by atoms with van der Waals surface area (Å²) in [5, 5.41) is 11.7. The molecule has 9 aromatic carbocycles. The van der Waals surface area contributed by atoms with Crippen LogP contribution >= 0.6 is 0 Å². The van der Waals surface area contributed by atoms with Gasteiger partial charge in [0.2, 0.25) is 0 Å². The van der Waals surface area contributed by atoms with Crippen molar-refractivity contribution in [2.24, 2.45) is 0 Å². The molecule has 0 N–H and O–H groups in total. The summed E-state index contributed by atoms with van der Waals surface area (Å²) in [6.07, 6.45) is 0. The normalized spacial score (nSPS) is 11.9. The van der Waals surface area contributed by atoms with Crippen LogP contribution in [0.5, 0.6) is 0 Å². The Kier molecular flexibility index (Phi) is 6.56. The van der Waals surface area contributed by atoms with Gasteiger partial charge in [0.25, 0.3) is 0 Å². The fourth-order valence-corrected chi connectivity index (χ4v) is 8.56. The van der Waals surface area contributed by atoms with Crippen LogP contribution in [-0.2, 0) is 0 Å². The summed E-state index contributed by atoms with van der Waals surface area (Å²) in [6, 6.07) is 63.9. The smallest absolute Gasteiger partial charge is 0.164 e. The Labute approximate surface area is 320 Å². The first-order valence-corrected chi connectivity index (χ1v) is 18.8. The molecule has 0 radical (unpaired) electrons. The maximum absolute atomic E-state index is 6.71. The number of benzene rings is 9. The largest absolute Gasteiger partial charge is 0.456 e. The van der Waals surface area contributed by atoms with Crippen LogP contribution in [0.15, 0.2) is 186 Å². The number of nitrogens with zero attached hydrogens (tertiary/aromatic N) is 4. The van der Waals surface area contributed by atoms with Crippen molar-refractivity contribution in [2.75, 3.05) is 0 Å². The molecule has 0 spiro atoms. The summed E-state index contributed by atoms with van der Waals surface area (Å²) in [7, 11) is 0. The van der Waals surface area contributed by atoms with E-state index in [9.17, 15) is 0 Å². The van der Waals surface area contributed by atoms with Gasteiger partial charge in [0, 0.05) is 50.0 Å². The number of hydrogen-bond acceptors (Lipinski definition) is 4. The van der Waals surface area contributed by atoms with Crippen LogP contribution in [0.4, 0.5) is 0 Å². The van der Waals surface area contributed by atoms with Crippen molar-refractivity contribution in [1.82, 2.24) is 19.5 Å². The van der Waals surface area contributed by atoms with Crippen LogP contribution in [0.1, 0.15) is 0 Å². The van der Waals surface area contributed by atoms with Crippen molar-refractivity contribution in [1.29, 1.82) is 0 Å². The Morgan fingerprint density at radius 2 is 1.04 bits per heavy atom. The molecule has 56 heavy (non-hydrogen) atoms. The average molecular weight is 715 g/mol. The van der Waals surface area contributed by atoms with E-state index in [1.165, 1.54) is 37.7 Å². The number of hydrogen-bond donors (Lipinski definition) is 0. The molecule has 3 aromatic heterocycles. The van der Waals surface area contributed by atoms with Gasteiger partial charge in [-0.3, -0.25) is 0 Å². The third kappa shape index (κ3) is 4.71. The summed E-state index contributed by atoms with van der Waals surface area (Å²) >= 11 is 0. The molecule has 260 valence electrons. The maximum Gasteiger partial charge on any atom is 0.164 e. The molecule has 0 atom stereocenters. The second-order valence-electron chi connectivity index (χ2n) is 14.4. The highest BCUT2D eigenvalue weighted by Crippen LogP contribution is 2.41. The quantitative estimate of drug-likeness (QED) is 0.182. The zero-order chi connectivity index (χ0) is 36.7. The lowest BCUT2D eigenvalue weighted by Crippen LogP contribution is -2.00. The molecule has 3 heterocycles. The Hall–Kier alpha value is -7.63. The minimum Gasteiger partial charge on any atom is -0.456 e. The maximum atomic E-state index is 6.71. The Morgan fingerprint density at radius 1 is 0.357 bits per heavy atom. The SMILES string of the molecule is c1ccc(-c2nc(-c3ccc4ccccc4c3)nc(-c3cccc4oc5cc(-n6c7cc8ccccc8cc7c7c8ccccc8ccc76)ccc5c34)n2)cc1. The monoisotopic (exact) mass is 714 g/mol. The van der Waals surface area contributed by atoms with Gasteiger partial charge < -0.3 is 8.98 Å². The molecular formula is C51H30N4O. The Balaban J connectivity index is 1.08. The van der Waals surface area contributed by atoms with E-state index in [-0.39, 0.29) is 0 Å². The van der Waals surface area contributed by atoms with Gasteiger partial charge in [0.15, 0.2) is 17.5 Å². The second-order valence-corrected chi connectivity index (χ2v) is 14.4. The molecule has 0 saturated carbocycles. The van der Waals surface area contributed by atoms with E-state index in [2.05, 4.69) is 144 Å². The van der Waals surface area contributed by atoms with Crippen molar-refractivity contribution in [3.05, 3.63) is 182 Å². The topological polar surface area (TPSA) is 56.7 Å². The Morgan fingerprint density at radius 3 is 1.88 bits per heavy atom. The van der Waals surface area contributed by atoms with Gasteiger partial charge in [-0.15, -0.1) is 0 Å². The predicted octanol–water partition coefficient (Wildman–Crippen LogP) is 13.3. The number of fused-ring (bicyclic) bond motifs is 10. The minimum absolute atomic E-state index is 0.598. The van der Waals surface area contributed by atoms with E-state index in [1.54, 1.807) is 0 Å². The minimum atomic E-state index is 0.598. The van der Waals surface area contributed by atoms with E-state index in [0.717, 1.165) is 60.7 Å². The number of rotatable bonds is 4. The molecule has 0 amide bonds. The van der Waals surface area contributed by atoms with E-state index < -0.39 is 0 Å². The van der Waals surface area contributed by atoms with E-state index >= 15 is 0 Å². The van der Waals surface area contributed by atoms with Crippen molar-refractivity contribution >= 4 is 76.1 Å². The van der Waals surface area contributed by atoms with Gasteiger partial charge >= 0.3 is 0 Å². The first-order chi connectivity index (χ1) is 27.7. The highest BCUT2D eigenvalue weighted by atomic mass is 16.3. The number of furan rings is 1. The van der Waals surface area contributed by atoms with Crippen molar-refractivity contribution in [3.63, 3.8) is 0 Å². The Bertz CT molecular complexity index is 3540. The lowest BCUT2D eigenvalue weighted by atomic mass is 10.0. The van der Waals surface area contributed by atoms with E-state index in [1.807, 2.05) is 42.5 Å². The number of aromatic nitrogens is 4. The van der Waals surface area contributed by atoms with Gasteiger partial charge in [-0.05, 0) is 74.8 Å². The van der Waals surface area contributed by atoms with Crippen LogP contribution in [0.2, 0.25) is 0 Å². The molecule has 12 aromatic rings.